The molecule has 0 aromatic heterocycles. The van der Waals surface area contributed by atoms with Crippen molar-refractivity contribution in [2.24, 2.45) is 5.92 Å². The second-order valence-electron chi connectivity index (χ2n) is 6.64. The number of halogens is 3. The topological polar surface area (TPSA) is 64.3 Å². The zero-order valence-electron chi connectivity index (χ0n) is 15.1. The normalized spacial score (nSPS) is 15.7. The number of allylic oxidation sites excluding steroid dienone is 1. The second kappa shape index (κ2) is 8.48. The van der Waals surface area contributed by atoms with Crippen molar-refractivity contribution in [1.82, 2.24) is 0 Å². The first-order valence-corrected chi connectivity index (χ1v) is 8.97. The minimum Gasteiger partial charge on any atom is -0.397 e. The minimum absolute atomic E-state index is 0.0407. The Kier molecular flexibility index (Phi) is 6.04. The average molecular weight is 390 g/mol. The van der Waals surface area contributed by atoms with Gasteiger partial charge in [0.2, 0.25) is 5.91 Å². The van der Waals surface area contributed by atoms with Gasteiger partial charge in [0, 0.05) is 13.2 Å². The van der Waals surface area contributed by atoms with Gasteiger partial charge in [0.25, 0.3) is 0 Å². The Balaban J connectivity index is 1.74. The number of amides is 1. The number of ether oxygens (including phenoxy) is 1. The molecule has 0 saturated carbocycles. The number of rotatable bonds is 4. The molecule has 0 unspecified atom stereocenters. The summed E-state index contributed by atoms with van der Waals surface area (Å²) in [5, 5.41) is 2.67. The number of hydrogen-bond acceptors (Lipinski definition) is 3. The number of carbonyl (C=O) groups is 1. The van der Waals surface area contributed by atoms with Gasteiger partial charge < -0.3 is 15.8 Å². The highest BCUT2D eigenvalue weighted by atomic mass is 19.4. The van der Waals surface area contributed by atoms with E-state index in [1.54, 1.807) is 0 Å². The van der Waals surface area contributed by atoms with Crippen LogP contribution in [-0.4, -0.2) is 19.1 Å². The van der Waals surface area contributed by atoms with Crippen LogP contribution in [0, 0.1) is 5.92 Å². The lowest BCUT2D eigenvalue weighted by atomic mass is 9.98. The van der Waals surface area contributed by atoms with Gasteiger partial charge in [-0.1, -0.05) is 30.3 Å². The molecule has 1 amide bonds. The maximum Gasteiger partial charge on any atom is 0.417 e. The molecule has 0 aliphatic carbocycles. The van der Waals surface area contributed by atoms with E-state index >= 15 is 0 Å². The summed E-state index contributed by atoms with van der Waals surface area (Å²) in [7, 11) is 0. The van der Waals surface area contributed by atoms with Crippen LogP contribution in [0.3, 0.4) is 0 Å². The number of hydrogen-bond donors (Lipinski definition) is 2. The molecule has 28 heavy (non-hydrogen) atoms. The van der Waals surface area contributed by atoms with Crippen molar-refractivity contribution in [2.45, 2.75) is 19.0 Å². The lowest BCUT2D eigenvalue weighted by Gasteiger charge is -2.18. The van der Waals surface area contributed by atoms with Gasteiger partial charge in [-0.15, -0.1) is 0 Å². The summed E-state index contributed by atoms with van der Waals surface area (Å²) in [6.07, 6.45) is 0.593. The maximum atomic E-state index is 13.2. The van der Waals surface area contributed by atoms with E-state index in [-0.39, 0.29) is 17.2 Å². The van der Waals surface area contributed by atoms with E-state index in [4.69, 9.17) is 10.5 Å². The monoisotopic (exact) mass is 390 g/mol. The molecule has 1 fully saturated rings. The second-order valence-corrected chi connectivity index (χ2v) is 6.64. The van der Waals surface area contributed by atoms with Crippen molar-refractivity contribution < 1.29 is 22.7 Å². The molecule has 0 radical (unpaired) electrons. The Bertz CT molecular complexity index is 872. The number of benzene rings is 2. The fourth-order valence-corrected chi connectivity index (χ4v) is 3.13. The summed E-state index contributed by atoms with van der Waals surface area (Å²) in [5.74, 6) is -0.0280. The number of nitrogens with one attached hydrogen (secondary N) is 1. The van der Waals surface area contributed by atoms with Crippen LogP contribution in [0.15, 0.2) is 54.6 Å². The zero-order valence-corrected chi connectivity index (χ0v) is 15.1. The molecule has 148 valence electrons. The SMILES string of the molecule is Nc1cc(-c2ccccc2C(F)(F)F)ccc1NC(=O)C=CC1CCOCC1. The van der Waals surface area contributed by atoms with E-state index in [1.807, 2.05) is 6.08 Å². The zero-order chi connectivity index (χ0) is 20.1. The highest BCUT2D eigenvalue weighted by Crippen LogP contribution is 2.38. The Morgan fingerprint density at radius 3 is 2.54 bits per heavy atom. The third kappa shape index (κ3) is 4.92. The van der Waals surface area contributed by atoms with Crippen LogP contribution in [0.2, 0.25) is 0 Å². The van der Waals surface area contributed by atoms with Gasteiger partial charge in [-0.3, -0.25) is 4.79 Å². The van der Waals surface area contributed by atoms with Crippen molar-refractivity contribution >= 4 is 17.3 Å². The summed E-state index contributed by atoms with van der Waals surface area (Å²) in [4.78, 5) is 12.1. The van der Waals surface area contributed by atoms with E-state index in [0.717, 1.165) is 18.9 Å². The lowest BCUT2D eigenvalue weighted by molar-refractivity contribution is -0.137. The Hall–Kier alpha value is -2.80. The standard InChI is InChI=1S/C21H21F3N2O2/c22-21(23,24)17-4-2-1-3-16(17)15-6-7-19(18(25)13-15)26-20(27)8-5-14-9-11-28-12-10-14/h1-8,13-14H,9-12,25H2,(H,26,27). The predicted octanol–water partition coefficient (Wildman–Crippen LogP) is 4.88. The molecular formula is C21H21F3N2O2. The third-order valence-electron chi connectivity index (χ3n) is 4.64. The lowest BCUT2D eigenvalue weighted by Crippen LogP contribution is -2.15. The molecule has 3 N–H and O–H groups in total. The molecule has 2 aromatic rings. The highest BCUT2D eigenvalue weighted by Gasteiger charge is 2.33. The van der Waals surface area contributed by atoms with E-state index in [2.05, 4.69) is 5.32 Å². The van der Waals surface area contributed by atoms with E-state index in [9.17, 15) is 18.0 Å². The van der Waals surface area contributed by atoms with Gasteiger partial charge in [0.1, 0.15) is 0 Å². The van der Waals surface area contributed by atoms with Crippen LogP contribution in [0.1, 0.15) is 18.4 Å². The largest absolute Gasteiger partial charge is 0.417 e. The molecule has 0 atom stereocenters. The van der Waals surface area contributed by atoms with Crippen LogP contribution in [0.4, 0.5) is 24.5 Å². The van der Waals surface area contributed by atoms with Gasteiger partial charge >= 0.3 is 6.18 Å². The first-order chi connectivity index (χ1) is 13.3. The van der Waals surface area contributed by atoms with Crippen molar-refractivity contribution in [1.29, 1.82) is 0 Å². The van der Waals surface area contributed by atoms with Crippen LogP contribution in [0.25, 0.3) is 11.1 Å². The van der Waals surface area contributed by atoms with Crippen LogP contribution >= 0.6 is 0 Å². The summed E-state index contributed by atoms with van der Waals surface area (Å²) in [6.45, 7) is 1.37. The number of nitrogens with two attached hydrogens (primary N) is 1. The van der Waals surface area contributed by atoms with Crippen molar-refractivity contribution in [3.05, 3.63) is 60.2 Å². The van der Waals surface area contributed by atoms with Crippen LogP contribution < -0.4 is 11.1 Å². The molecular weight excluding hydrogens is 369 g/mol. The van der Waals surface area contributed by atoms with Gasteiger partial charge in [-0.25, -0.2) is 0 Å². The Morgan fingerprint density at radius 1 is 1.14 bits per heavy atom. The minimum atomic E-state index is -4.47. The first kappa shape index (κ1) is 19.9. The molecule has 3 rings (SSSR count). The van der Waals surface area contributed by atoms with Gasteiger partial charge in [0.05, 0.1) is 16.9 Å². The summed E-state index contributed by atoms with van der Waals surface area (Å²) in [5.41, 5.74) is 6.17. The van der Waals surface area contributed by atoms with Crippen LogP contribution in [0.5, 0.6) is 0 Å². The fourth-order valence-electron chi connectivity index (χ4n) is 3.13. The maximum absolute atomic E-state index is 13.2. The van der Waals surface area contributed by atoms with Gasteiger partial charge in [0.15, 0.2) is 0 Å². The summed E-state index contributed by atoms with van der Waals surface area (Å²) in [6, 6.07) is 9.76. The molecule has 0 spiro atoms. The smallest absolute Gasteiger partial charge is 0.397 e. The third-order valence-corrected chi connectivity index (χ3v) is 4.64. The molecule has 4 nitrogen and oxygen atoms in total. The van der Waals surface area contributed by atoms with E-state index in [0.29, 0.717) is 30.4 Å². The summed E-state index contributed by atoms with van der Waals surface area (Å²) >= 11 is 0. The molecule has 7 heteroatoms. The molecule has 1 heterocycles. The highest BCUT2D eigenvalue weighted by molar-refractivity contribution is 6.01. The fraction of sp³-hybridized carbons (Fsp3) is 0.286. The molecule has 1 saturated heterocycles. The quantitative estimate of drug-likeness (QED) is 0.578. The Labute approximate surface area is 161 Å². The summed E-state index contributed by atoms with van der Waals surface area (Å²) < 4.78 is 44.9. The van der Waals surface area contributed by atoms with E-state index < -0.39 is 11.7 Å². The molecule has 1 aliphatic heterocycles. The molecule has 2 aromatic carbocycles. The average Bonchev–Trinajstić information content (AvgIpc) is 2.68. The van der Waals surface area contributed by atoms with Crippen molar-refractivity contribution in [3.63, 3.8) is 0 Å². The number of alkyl halides is 3. The molecule has 1 aliphatic rings. The molecule has 0 bridgehead atoms. The number of anilines is 2. The number of carbonyl (C=O) groups excluding carboxylic acids is 1. The van der Waals surface area contributed by atoms with Crippen LogP contribution in [-0.2, 0) is 15.7 Å². The Morgan fingerprint density at radius 2 is 1.86 bits per heavy atom. The van der Waals surface area contributed by atoms with Gasteiger partial charge in [-0.2, -0.15) is 13.2 Å². The van der Waals surface area contributed by atoms with Crippen molar-refractivity contribution in [3.8, 4) is 11.1 Å². The van der Waals surface area contributed by atoms with Gasteiger partial charge in [-0.05, 0) is 54.2 Å². The predicted molar refractivity (Wildman–Crippen MR) is 103 cm³/mol. The van der Waals surface area contributed by atoms with Crippen molar-refractivity contribution in [2.75, 3.05) is 24.3 Å². The van der Waals surface area contributed by atoms with E-state index in [1.165, 1.54) is 42.5 Å². The number of nitrogen functional groups attached to an aromatic ring is 1. The first-order valence-electron chi connectivity index (χ1n) is 8.97.